The van der Waals surface area contributed by atoms with Crippen molar-refractivity contribution in [2.45, 2.75) is 66.0 Å². The van der Waals surface area contributed by atoms with Gasteiger partial charge in [0, 0.05) is 6.42 Å². The van der Waals surface area contributed by atoms with Gasteiger partial charge in [-0.2, -0.15) is 0 Å². The van der Waals surface area contributed by atoms with E-state index in [9.17, 15) is 19.2 Å². The van der Waals surface area contributed by atoms with E-state index in [1.54, 1.807) is 27.7 Å². The summed E-state index contributed by atoms with van der Waals surface area (Å²) in [5, 5.41) is 9.13. The molecule has 0 aromatic heterocycles. The first kappa shape index (κ1) is 23.5. The van der Waals surface area contributed by atoms with Gasteiger partial charge in [-0.05, 0) is 40.5 Å². The minimum absolute atomic E-state index is 0.0441. The minimum Gasteiger partial charge on any atom is -0.461 e. The number of carbonyl (C=O) groups is 4. The second-order valence-electron chi connectivity index (χ2n) is 6.55. The second-order valence-corrected chi connectivity index (χ2v) is 6.55. The van der Waals surface area contributed by atoms with E-state index in [2.05, 4.69) is 5.32 Å². The quantitative estimate of drug-likeness (QED) is 0.322. The van der Waals surface area contributed by atoms with Gasteiger partial charge in [-0.25, -0.2) is 9.59 Å². The Morgan fingerprint density at radius 3 is 2.27 bits per heavy atom. The van der Waals surface area contributed by atoms with Gasteiger partial charge in [-0.1, -0.05) is 6.92 Å². The van der Waals surface area contributed by atoms with Crippen molar-refractivity contribution in [2.75, 3.05) is 6.79 Å². The van der Waals surface area contributed by atoms with E-state index < -0.39 is 48.2 Å². The first-order valence-corrected chi connectivity index (χ1v) is 8.37. The van der Waals surface area contributed by atoms with Crippen molar-refractivity contribution in [3.63, 3.8) is 0 Å². The molecule has 1 amide bonds. The van der Waals surface area contributed by atoms with Gasteiger partial charge in [0.05, 0.1) is 17.7 Å². The van der Waals surface area contributed by atoms with Crippen molar-refractivity contribution in [2.24, 2.45) is 5.41 Å². The summed E-state index contributed by atoms with van der Waals surface area (Å²) in [7, 11) is 0. The third-order valence-corrected chi connectivity index (χ3v) is 3.59. The zero-order chi connectivity index (χ0) is 20.3. The fourth-order valence-electron chi connectivity index (χ4n) is 1.58. The van der Waals surface area contributed by atoms with Crippen LogP contribution >= 0.6 is 0 Å². The van der Waals surface area contributed by atoms with Crippen molar-refractivity contribution in [1.29, 1.82) is 5.41 Å². The monoisotopic (exact) mass is 372 g/mol. The van der Waals surface area contributed by atoms with E-state index in [0.29, 0.717) is 12.6 Å². The molecule has 1 atom stereocenters. The Morgan fingerprint density at radius 2 is 1.77 bits per heavy atom. The average molecular weight is 372 g/mol. The van der Waals surface area contributed by atoms with Crippen LogP contribution in [0.3, 0.4) is 0 Å². The van der Waals surface area contributed by atoms with Gasteiger partial charge in [0.25, 0.3) is 0 Å². The highest BCUT2D eigenvalue weighted by Gasteiger charge is 2.28. The number of ketones is 1. The third kappa shape index (κ3) is 9.14. The molecule has 0 aliphatic heterocycles. The summed E-state index contributed by atoms with van der Waals surface area (Å²) in [6.45, 7) is 7.92. The molecule has 0 aliphatic rings. The molecule has 0 aliphatic carbocycles. The molecule has 9 nitrogen and oxygen atoms in total. The first-order chi connectivity index (χ1) is 12.0. The third-order valence-electron chi connectivity index (χ3n) is 3.59. The molecule has 0 aromatic carbocycles. The summed E-state index contributed by atoms with van der Waals surface area (Å²) in [6.07, 6.45) is -0.349. The maximum Gasteiger partial charge on any atom is 0.410 e. The lowest BCUT2D eigenvalue weighted by Gasteiger charge is -2.21. The Balaban J connectivity index is 4.60. The lowest BCUT2D eigenvalue weighted by molar-refractivity contribution is -0.163. The second kappa shape index (κ2) is 11.2. The molecule has 26 heavy (non-hydrogen) atoms. The molecule has 0 heterocycles. The normalized spacial score (nSPS) is 12.1. The van der Waals surface area contributed by atoms with Crippen LogP contribution < -0.4 is 5.32 Å². The number of Topliss-reactive ketones (excluding diaryl/α,β-unsaturated/α-hetero) is 1. The van der Waals surface area contributed by atoms with Crippen LogP contribution in [0.25, 0.3) is 0 Å². The van der Waals surface area contributed by atoms with Gasteiger partial charge >= 0.3 is 18.0 Å². The molecule has 9 heteroatoms. The highest BCUT2D eigenvalue weighted by Crippen LogP contribution is 2.21. The molecule has 0 radical (unpaired) electrons. The Kier molecular flexibility index (Phi) is 10.2. The van der Waals surface area contributed by atoms with Gasteiger partial charge in [-0.15, -0.1) is 0 Å². The van der Waals surface area contributed by atoms with Crippen LogP contribution in [0, 0.1) is 10.8 Å². The highest BCUT2D eigenvalue weighted by atomic mass is 16.7. The molecule has 148 valence electrons. The molecule has 0 saturated heterocycles. The molecule has 0 aromatic rings. The van der Waals surface area contributed by atoms with E-state index in [4.69, 9.17) is 19.6 Å². The molecule has 0 saturated carbocycles. The van der Waals surface area contributed by atoms with Crippen LogP contribution in [0.4, 0.5) is 4.79 Å². The van der Waals surface area contributed by atoms with Gasteiger partial charge in [0.1, 0.15) is 6.04 Å². The van der Waals surface area contributed by atoms with Crippen LogP contribution in [0.5, 0.6) is 0 Å². The van der Waals surface area contributed by atoms with Gasteiger partial charge < -0.3 is 24.9 Å². The predicted octanol–water partition coefficient (Wildman–Crippen LogP) is 1.97. The molecular formula is C17H28N2O7. The predicted molar refractivity (Wildman–Crippen MR) is 92.7 cm³/mol. The average Bonchev–Trinajstić information content (AvgIpc) is 2.57. The van der Waals surface area contributed by atoms with E-state index in [1.807, 2.05) is 6.92 Å². The standard InChI is InChI=1S/C17H28N2O7/c1-6-17(4,5)15(22)24-10-25-16(23)19-13(8-7-12(20)9-18)14(21)26-11(2)3/h9,11,13,18H,6-8,10H2,1-5H3,(H,19,23). The number of nitrogens with one attached hydrogen (secondary N) is 2. The van der Waals surface area contributed by atoms with Crippen LogP contribution in [0.15, 0.2) is 0 Å². The topological polar surface area (TPSA) is 132 Å². The Labute approximate surface area is 153 Å². The first-order valence-electron chi connectivity index (χ1n) is 8.37. The Bertz CT molecular complexity index is 529. The lowest BCUT2D eigenvalue weighted by atomic mass is 9.91. The number of hydrogen-bond donors (Lipinski definition) is 2. The summed E-state index contributed by atoms with van der Waals surface area (Å²) in [5.41, 5.74) is -0.698. The SMILES string of the molecule is CCC(C)(C)C(=O)OCOC(=O)NC(CCC(=O)C=N)C(=O)OC(C)C. The fourth-order valence-corrected chi connectivity index (χ4v) is 1.58. The van der Waals surface area contributed by atoms with Crippen LogP contribution in [-0.2, 0) is 28.6 Å². The zero-order valence-electron chi connectivity index (χ0n) is 15.9. The summed E-state index contributed by atoms with van der Waals surface area (Å²) in [6, 6.07) is -1.11. The van der Waals surface area contributed by atoms with Crippen LogP contribution in [0.1, 0.15) is 53.9 Å². The van der Waals surface area contributed by atoms with E-state index >= 15 is 0 Å². The molecule has 0 spiro atoms. The summed E-state index contributed by atoms with van der Waals surface area (Å²) in [5.74, 6) is -1.72. The number of esters is 2. The number of alkyl carbamates (subject to hydrolysis) is 1. The van der Waals surface area contributed by atoms with E-state index in [-0.39, 0.29) is 12.8 Å². The number of rotatable bonds is 11. The largest absolute Gasteiger partial charge is 0.461 e. The molecule has 1 unspecified atom stereocenters. The molecule has 0 rings (SSSR count). The van der Waals surface area contributed by atoms with Crippen LogP contribution in [0.2, 0.25) is 0 Å². The Morgan fingerprint density at radius 1 is 1.15 bits per heavy atom. The number of ether oxygens (including phenoxy) is 3. The van der Waals surface area contributed by atoms with Gasteiger partial charge in [-0.3, -0.25) is 9.59 Å². The Hall–Kier alpha value is -2.45. The maximum absolute atomic E-state index is 12.0. The lowest BCUT2D eigenvalue weighted by Crippen LogP contribution is -2.43. The smallest absolute Gasteiger partial charge is 0.410 e. The van der Waals surface area contributed by atoms with E-state index in [0.717, 1.165) is 0 Å². The van der Waals surface area contributed by atoms with E-state index in [1.165, 1.54) is 0 Å². The number of carbonyl (C=O) groups excluding carboxylic acids is 4. The summed E-state index contributed by atoms with van der Waals surface area (Å²) in [4.78, 5) is 46.8. The van der Waals surface area contributed by atoms with Crippen molar-refractivity contribution in [3.8, 4) is 0 Å². The fraction of sp³-hybridized carbons (Fsp3) is 0.706. The van der Waals surface area contributed by atoms with Crippen LogP contribution in [-0.4, -0.2) is 49.0 Å². The maximum atomic E-state index is 12.0. The zero-order valence-corrected chi connectivity index (χ0v) is 15.9. The summed E-state index contributed by atoms with van der Waals surface area (Å²) < 4.78 is 14.6. The molecule has 0 fully saturated rings. The van der Waals surface area contributed by atoms with Crippen molar-refractivity contribution >= 4 is 30.0 Å². The van der Waals surface area contributed by atoms with Crippen molar-refractivity contribution in [3.05, 3.63) is 0 Å². The molecule has 2 N–H and O–H groups in total. The van der Waals surface area contributed by atoms with Gasteiger partial charge in [0.15, 0.2) is 5.78 Å². The highest BCUT2D eigenvalue weighted by molar-refractivity contribution is 6.26. The summed E-state index contributed by atoms with van der Waals surface area (Å²) >= 11 is 0. The molecular weight excluding hydrogens is 344 g/mol. The number of hydrogen-bond acceptors (Lipinski definition) is 8. The molecule has 0 bridgehead atoms. The van der Waals surface area contributed by atoms with Gasteiger partial charge in [0.2, 0.25) is 6.79 Å². The van der Waals surface area contributed by atoms with Crippen molar-refractivity contribution < 1.29 is 33.4 Å². The van der Waals surface area contributed by atoms with Crippen molar-refractivity contribution in [1.82, 2.24) is 5.32 Å². The minimum atomic E-state index is -1.11. The number of amides is 1.